The molecule has 0 aliphatic heterocycles. The van der Waals surface area contributed by atoms with Gasteiger partial charge in [0.15, 0.2) is 0 Å². The Hall–Kier alpha value is -2.99. The molecule has 134 valence electrons. The lowest BCUT2D eigenvalue weighted by molar-refractivity contribution is -0.124. The quantitative estimate of drug-likeness (QED) is 0.699. The zero-order valence-corrected chi connectivity index (χ0v) is 14.9. The number of benzene rings is 2. The highest BCUT2D eigenvalue weighted by molar-refractivity contribution is 6.30. The van der Waals surface area contributed by atoms with Crippen molar-refractivity contribution in [3.05, 3.63) is 59.8 Å². The van der Waals surface area contributed by atoms with Crippen molar-refractivity contribution in [1.82, 2.24) is 9.88 Å². The van der Waals surface area contributed by atoms with E-state index in [1.165, 1.54) is 0 Å². The molecule has 0 unspecified atom stereocenters. The second kappa shape index (κ2) is 7.93. The van der Waals surface area contributed by atoms with Crippen LogP contribution >= 0.6 is 11.6 Å². The molecule has 7 heteroatoms. The van der Waals surface area contributed by atoms with Crippen LogP contribution < -0.4 is 15.4 Å². The molecule has 0 aliphatic rings. The summed E-state index contributed by atoms with van der Waals surface area (Å²) in [7, 11) is 1.61. The largest absolute Gasteiger partial charge is 0.497 e. The van der Waals surface area contributed by atoms with E-state index >= 15 is 0 Å². The smallest absolute Gasteiger partial charge is 0.243 e. The highest BCUT2D eigenvalue weighted by Gasteiger charge is 2.09. The molecule has 1 heterocycles. The van der Waals surface area contributed by atoms with Crippen LogP contribution in [-0.4, -0.2) is 30.0 Å². The summed E-state index contributed by atoms with van der Waals surface area (Å²) < 4.78 is 7.01. The van der Waals surface area contributed by atoms with Crippen molar-refractivity contribution in [2.45, 2.75) is 6.54 Å². The molecular formula is C19H18ClN3O3. The van der Waals surface area contributed by atoms with E-state index in [1.807, 2.05) is 35.0 Å². The average molecular weight is 372 g/mol. The number of carbonyl (C=O) groups is 2. The van der Waals surface area contributed by atoms with E-state index in [0.717, 1.165) is 16.7 Å². The van der Waals surface area contributed by atoms with Gasteiger partial charge < -0.3 is 19.9 Å². The molecule has 0 spiro atoms. The predicted octanol–water partition coefficient (Wildman–Crippen LogP) is 3.06. The molecule has 0 bridgehead atoms. The van der Waals surface area contributed by atoms with Crippen LogP contribution in [0.5, 0.6) is 5.75 Å². The summed E-state index contributed by atoms with van der Waals surface area (Å²) in [6, 6.07) is 14.3. The first kappa shape index (κ1) is 17.8. The fourth-order valence-electron chi connectivity index (χ4n) is 2.57. The van der Waals surface area contributed by atoms with Gasteiger partial charge in [-0.1, -0.05) is 11.6 Å². The van der Waals surface area contributed by atoms with E-state index in [-0.39, 0.29) is 24.9 Å². The maximum atomic E-state index is 12.1. The Morgan fingerprint density at radius 3 is 2.58 bits per heavy atom. The monoisotopic (exact) mass is 371 g/mol. The maximum Gasteiger partial charge on any atom is 0.243 e. The van der Waals surface area contributed by atoms with Gasteiger partial charge in [-0.2, -0.15) is 0 Å². The zero-order valence-electron chi connectivity index (χ0n) is 14.2. The van der Waals surface area contributed by atoms with Crippen LogP contribution in [0.2, 0.25) is 5.02 Å². The van der Waals surface area contributed by atoms with Gasteiger partial charge in [0.25, 0.3) is 0 Å². The van der Waals surface area contributed by atoms with Crippen molar-refractivity contribution in [1.29, 1.82) is 0 Å². The number of fused-ring (bicyclic) bond motifs is 1. The molecule has 3 rings (SSSR count). The van der Waals surface area contributed by atoms with Crippen LogP contribution in [0.3, 0.4) is 0 Å². The third kappa shape index (κ3) is 4.34. The van der Waals surface area contributed by atoms with Gasteiger partial charge in [-0.05, 0) is 48.5 Å². The Morgan fingerprint density at radius 2 is 1.85 bits per heavy atom. The summed E-state index contributed by atoms with van der Waals surface area (Å²) in [5, 5.41) is 6.88. The van der Waals surface area contributed by atoms with Crippen molar-refractivity contribution in [3.63, 3.8) is 0 Å². The summed E-state index contributed by atoms with van der Waals surface area (Å²) in [5.41, 5.74) is 1.55. The Morgan fingerprint density at radius 1 is 1.08 bits per heavy atom. The number of halogens is 1. The number of nitrogens with one attached hydrogen (secondary N) is 2. The third-order valence-electron chi connectivity index (χ3n) is 3.87. The molecular weight excluding hydrogens is 354 g/mol. The van der Waals surface area contributed by atoms with Gasteiger partial charge in [0.2, 0.25) is 11.8 Å². The summed E-state index contributed by atoms with van der Waals surface area (Å²) in [5.74, 6) is 0.214. The van der Waals surface area contributed by atoms with E-state index in [9.17, 15) is 9.59 Å². The molecule has 2 amide bonds. The van der Waals surface area contributed by atoms with Crippen LogP contribution in [0.25, 0.3) is 10.9 Å². The number of anilines is 1. The molecule has 1 aromatic heterocycles. The summed E-state index contributed by atoms with van der Waals surface area (Å²) >= 11 is 5.80. The van der Waals surface area contributed by atoms with Crippen molar-refractivity contribution in [3.8, 4) is 5.75 Å². The zero-order chi connectivity index (χ0) is 18.5. The van der Waals surface area contributed by atoms with Crippen molar-refractivity contribution < 1.29 is 14.3 Å². The number of ether oxygens (including phenoxy) is 1. The van der Waals surface area contributed by atoms with E-state index in [1.54, 1.807) is 31.4 Å². The van der Waals surface area contributed by atoms with Crippen molar-refractivity contribution in [2.24, 2.45) is 0 Å². The lowest BCUT2D eigenvalue weighted by Gasteiger charge is -2.09. The minimum Gasteiger partial charge on any atom is -0.497 e. The highest BCUT2D eigenvalue weighted by Crippen LogP contribution is 2.21. The predicted molar refractivity (Wildman–Crippen MR) is 102 cm³/mol. The Balaban J connectivity index is 1.54. The van der Waals surface area contributed by atoms with E-state index < -0.39 is 0 Å². The third-order valence-corrected chi connectivity index (χ3v) is 4.12. The fraction of sp³-hybridized carbons (Fsp3) is 0.158. The van der Waals surface area contributed by atoms with Gasteiger partial charge in [0.05, 0.1) is 13.7 Å². The minimum atomic E-state index is -0.303. The second-order valence-electron chi connectivity index (χ2n) is 5.70. The summed E-state index contributed by atoms with van der Waals surface area (Å²) in [6.07, 6.45) is 1.83. The lowest BCUT2D eigenvalue weighted by Crippen LogP contribution is -2.34. The lowest BCUT2D eigenvalue weighted by atomic mass is 10.2. The van der Waals surface area contributed by atoms with Crippen LogP contribution in [0.4, 0.5) is 5.69 Å². The van der Waals surface area contributed by atoms with Crippen LogP contribution in [0, 0.1) is 0 Å². The molecule has 2 aromatic carbocycles. The van der Waals surface area contributed by atoms with E-state index in [2.05, 4.69) is 10.6 Å². The van der Waals surface area contributed by atoms with Gasteiger partial charge in [0, 0.05) is 27.8 Å². The summed E-state index contributed by atoms with van der Waals surface area (Å²) in [4.78, 5) is 24.0. The standard InChI is InChI=1S/C19H18ClN3O3/c1-26-16-6-7-17-13(10-16)8-9-23(17)12-19(25)21-11-18(24)22-15-4-2-14(20)3-5-15/h2-10H,11-12H2,1H3,(H,21,25)(H,22,24). The first-order valence-corrected chi connectivity index (χ1v) is 8.38. The highest BCUT2D eigenvalue weighted by atomic mass is 35.5. The molecule has 0 fully saturated rings. The SMILES string of the molecule is COc1ccc2c(ccn2CC(=O)NCC(=O)Nc2ccc(Cl)cc2)c1. The van der Waals surface area contributed by atoms with Gasteiger partial charge in [-0.25, -0.2) is 0 Å². The Labute approximate surface area is 155 Å². The normalized spacial score (nSPS) is 10.5. The van der Waals surface area contributed by atoms with Crippen LogP contribution in [0.1, 0.15) is 0 Å². The summed E-state index contributed by atoms with van der Waals surface area (Å²) in [6.45, 7) is 0.0263. The number of nitrogens with zero attached hydrogens (tertiary/aromatic N) is 1. The maximum absolute atomic E-state index is 12.1. The molecule has 2 N–H and O–H groups in total. The molecule has 0 atom stereocenters. The van der Waals surface area contributed by atoms with Crippen LogP contribution in [-0.2, 0) is 16.1 Å². The number of aromatic nitrogens is 1. The van der Waals surface area contributed by atoms with E-state index in [0.29, 0.717) is 10.7 Å². The van der Waals surface area contributed by atoms with Gasteiger partial charge in [-0.3, -0.25) is 9.59 Å². The number of carbonyl (C=O) groups excluding carboxylic acids is 2. The first-order chi connectivity index (χ1) is 12.5. The van der Waals surface area contributed by atoms with E-state index in [4.69, 9.17) is 16.3 Å². The van der Waals surface area contributed by atoms with Gasteiger partial charge >= 0.3 is 0 Å². The van der Waals surface area contributed by atoms with Crippen molar-refractivity contribution >= 4 is 40.0 Å². The van der Waals surface area contributed by atoms with Crippen LogP contribution in [0.15, 0.2) is 54.7 Å². The number of methoxy groups -OCH3 is 1. The molecule has 0 aliphatic carbocycles. The van der Waals surface area contributed by atoms with Gasteiger partial charge in [-0.15, -0.1) is 0 Å². The average Bonchev–Trinajstić information content (AvgIpc) is 3.04. The topological polar surface area (TPSA) is 72.4 Å². The molecule has 0 radical (unpaired) electrons. The van der Waals surface area contributed by atoms with Crippen molar-refractivity contribution in [2.75, 3.05) is 19.0 Å². The second-order valence-corrected chi connectivity index (χ2v) is 6.14. The molecule has 0 saturated heterocycles. The first-order valence-electron chi connectivity index (χ1n) is 8.00. The molecule has 26 heavy (non-hydrogen) atoms. The minimum absolute atomic E-state index is 0.103. The Kier molecular flexibility index (Phi) is 5.43. The Bertz CT molecular complexity index is 935. The molecule has 3 aromatic rings. The molecule has 0 saturated carbocycles. The number of hydrogen-bond acceptors (Lipinski definition) is 3. The number of rotatable bonds is 6. The number of hydrogen-bond donors (Lipinski definition) is 2. The fourth-order valence-corrected chi connectivity index (χ4v) is 2.70. The van der Waals surface area contributed by atoms with Gasteiger partial charge in [0.1, 0.15) is 12.3 Å². The number of amides is 2. The molecule has 6 nitrogen and oxygen atoms in total.